The molecule has 1 aliphatic heterocycles. The number of carbonyl (C=O) groups excluding carboxylic acids is 1. The van der Waals surface area contributed by atoms with Gasteiger partial charge in [0.15, 0.2) is 0 Å². The number of nitro groups is 1. The second-order valence-electron chi connectivity index (χ2n) is 7.36. The molecule has 2 heterocycles. The number of nitrogens with one attached hydrogen (secondary N) is 1. The third kappa shape index (κ3) is 4.72. The van der Waals surface area contributed by atoms with E-state index in [1.54, 1.807) is 29.2 Å². The lowest BCUT2D eigenvalue weighted by atomic mass is 10.0. The van der Waals surface area contributed by atoms with Crippen molar-refractivity contribution in [3.8, 4) is 11.1 Å². The number of benzene rings is 2. The molecule has 0 aliphatic carbocycles. The molecule has 1 aliphatic rings. The van der Waals surface area contributed by atoms with Crippen LogP contribution in [0.5, 0.6) is 0 Å². The maximum atomic E-state index is 14.4. The minimum Gasteiger partial charge on any atom is -0.459 e. The summed E-state index contributed by atoms with van der Waals surface area (Å²) in [6.07, 6.45) is -3.57. The van der Waals surface area contributed by atoms with Gasteiger partial charge in [-0.05, 0) is 23.3 Å². The van der Waals surface area contributed by atoms with Crippen molar-refractivity contribution in [2.45, 2.75) is 24.9 Å². The number of esters is 1. The number of ether oxygens (including phenoxy) is 2. The zero-order chi connectivity index (χ0) is 23.5. The quantitative estimate of drug-likeness (QED) is 0.343. The zero-order valence-corrected chi connectivity index (χ0v) is 17.0. The molecule has 1 fully saturated rings. The van der Waals surface area contributed by atoms with Crippen molar-refractivity contribution >= 4 is 11.7 Å². The maximum absolute atomic E-state index is 14.4. The predicted octanol–water partition coefficient (Wildman–Crippen LogP) is 2.59. The normalized spacial score (nSPS) is 19.8. The van der Waals surface area contributed by atoms with Gasteiger partial charge in [0.1, 0.15) is 25.1 Å². The Morgan fingerprint density at radius 2 is 1.82 bits per heavy atom. The Morgan fingerprint density at radius 1 is 1.15 bits per heavy atom. The molecule has 1 N–H and O–H groups in total. The van der Waals surface area contributed by atoms with E-state index in [2.05, 4.69) is 0 Å². The van der Waals surface area contributed by atoms with Crippen LogP contribution < -0.4 is 11.2 Å². The second kappa shape index (κ2) is 9.17. The van der Waals surface area contributed by atoms with E-state index in [4.69, 9.17) is 9.47 Å². The first-order valence-corrected chi connectivity index (χ1v) is 9.95. The first-order valence-electron chi connectivity index (χ1n) is 9.95. The molecule has 0 amide bonds. The van der Waals surface area contributed by atoms with Crippen molar-refractivity contribution in [2.75, 3.05) is 6.61 Å². The number of rotatable bonds is 6. The highest BCUT2D eigenvalue weighted by Gasteiger charge is 2.38. The van der Waals surface area contributed by atoms with Gasteiger partial charge in [0.05, 0.1) is 16.7 Å². The third-order valence-corrected chi connectivity index (χ3v) is 5.22. The molecule has 170 valence electrons. The molecular formula is C22H18FN3O7. The molecule has 0 saturated carbocycles. The molecule has 3 atom stereocenters. The van der Waals surface area contributed by atoms with Crippen LogP contribution in [0.1, 0.15) is 23.0 Å². The highest BCUT2D eigenvalue weighted by molar-refractivity contribution is 5.90. The number of hydrogen-bond donors (Lipinski definition) is 1. The summed E-state index contributed by atoms with van der Waals surface area (Å²) in [6, 6.07) is 16.3. The SMILES string of the molecule is O=C(OC[C@H]1O[C@H](n2cc([N+](=O)[O-])c(=O)[nH]c2=O)C[C@@H]1F)c1ccc(-c2ccccc2)cc1. The van der Waals surface area contributed by atoms with Gasteiger partial charge in [-0.2, -0.15) is 0 Å². The van der Waals surface area contributed by atoms with Crippen LogP contribution in [-0.4, -0.2) is 39.3 Å². The molecule has 33 heavy (non-hydrogen) atoms. The van der Waals surface area contributed by atoms with Crippen LogP contribution in [0.4, 0.5) is 10.1 Å². The standard InChI is InChI=1S/C22H18FN3O7/c23-16-10-19(25-11-17(26(30)31)20(27)24-22(25)29)33-18(16)12-32-21(28)15-8-6-14(7-9-15)13-4-2-1-3-5-13/h1-9,11,16,18-19H,10,12H2,(H,24,27,29)/t16-,18+,19-/m0/s1. The predicted molar refractivity (Wildman–Crippen MR) is 114 cm³/mol. The summed E-state index contributed by atoms with van der Waals surface area (Å²) in [5.74, 6) is -0.675. The van der Waals surface area contributed by atoms with E-state index in [1.165, 1.54) is 0 Å². The summed E-state index contributed by atoms with van der Waals surface area (Å²) in [6.45, 7) is -0.420. The number of aromatic amines is 1. The van der Waals surface area contributed by atoms with Crippen molar-refractivity contribution in [1.82, 2.24) is 9.55 Å². The molecule has 2 aromatic carbocycles. The van der Waals surface area contributed by atoms with Crippen molar-refractivity contribution in [3.63, 3.8) is 0 Å². The number of halogens is 1. The summed E-state index contributed by atoms with van der Waals surface area (Å²) in [5, 5.41) is 10.9. The zero-order valence-electron chi connectivity index (χ0n) is 17.0. The number of aromatic nitrogens is 2. The van der Waals surface area contributed by atoms with E-state index in [9.17, 15) is 28.9 Å². The number of carbonyl (C=O) groups is 1. The fraction of sp³-hybridized carbons (Fsp3) is 0.227. The minimum atomic E-state index is -1.60. The number of alkyl halides is 1. The van der Waals surface area contributed by atoms with Gasteiger partial charge >= 0.3 is 22.9 Å². The van der Waals surface area contributed by atoms with E-state index >= 15 is 0 Å². The minimum absolute atomic E-state index is 0.270. The molecule has 10 nitrogen and oxygen atoms in total. The summed E-state index contributed by atoms with van der Waals surface area (Å²) in [4.78, 5) is 47.6. The van der Waals surface area contributed by atoms with Crippen LogP contribution in [0.25, 0.3) is 11.1 Å². The molecule has 11 heteroatoms. The second-order valence-corrected chi connectivity index (χ2v) is 7.36. The van der Waals surface area contributed by atoms with Crippen LogP contribution in [0, 0.1) is 10.1 Å². The fourth-order valence-corrected chi connectivity index (χ4v) is 3.50. The Labute approximate surface area is 185 Å². The van der Waals surface area contributed by atoms with Crippen molar-refractivity contribution in [3.05, 3.63) is 97.3 Å². The van der Waals surface area contributed by atoms with Crippen LogP contribution in [0.3, 0.4) is 0 Å². The topological polar surface area (TPSA) is 134 Å². The Balaban J connectivity index is 1.40. The summed E-state index contributed by atoms with van der Waals surface area (Å²) >= 11 is 0. The van der Waals surface area contributed by atoms with Gasteiger partial charge < -0.3 is 9.47 Å². The smallest absolute Gasteiger partial charge is 0.350 e. The maximum Gasteiger partial charge on any atom is 0.350 e. The van der Waals surface area contributed by atoms with Crippen LogP contribution >= 0.6 is 0 Å². The summed E-state index contributed by atoms with van der Waals surface area (Å²) in [7, 11) is 0. The molecule has 0 bridgehead atoms. The van der Waals surface area contributed by atoms with Gasteiger partial charge in [-0.15, -0.1) is 0 Å². The van der Waals surface area contributed by atoms with E-state index in [0.717, 1.165) is 15.7 Å². The average molecular weight is 455 g/mol. The van der Waals surface area contributed by atoms with Crippen LogP contribution in [-0.2, 0) is 9.47 Å². The van der Waals surface area contributed by atoms with Gasteiger partial charge in [-0.25, -0.2) is 14.0 Å². The lowest BCUT2D eigenvalue weighted by molar-refractivity contribution is -0.387. The number of H-pyrrole nitrogens is 1. The van der Waals surface area contributed by atoms with Gasteiger partial charge in [0.25, 0.3) is 0 Å². The average Bonchev–Trinajstić information content (AvgIpc) is 3.18. The van der Waals surface area contributed by atoms with Crippen molar-refractivity contribution in [2.24, 2.45) is 0 Å². The lowest BCUT2D eigenvalue weighted by Gasteiger charge is -2.15. The van der Waals surface area contributed by atoms with E-state index in [0.29, 0.717) is 6.20 Å². The van der Waals surface area contributed by atoms with Crippen LogP contribution in [0.15, 0.2) is 70.4 Å². The summed E-state index contributed by atoms with van der Waals surface area (Å²) < 4.78 is 25.8. The highest BCUT2D eigenvalue weighted by atomic mass is 19.1. The Hall–Kier alpha value is -4.12. The summed E-state index contributed by atoms with van der Waals surface area (Å²) in [5.41, 5.74) is -0.840. The lowest BCUT2D eigenvalue weighted by Crippen LogP contribution is -2.33. The van der Waals surface area contributed by atoms with Gasteiger partial charge in [-0.3, -0.25) is 24.5 Å². The van der Waals surface area contributed by atoms with Gasteiger partial charge in [-0.1, -0.05) is 42.5 Å². The molecule has 1 saturated heterocycles. The van der Waals surface area contributed by atoms with Crippen molar-refractivity contribution < 1.29 is 23.6 Å². The molecular weight excluding hydrogens is 437 g/mol. The molecule has 1 aromatic heterocycles. The first-order chi connectivity index (χ1) is 15.8. The monoisotopic (exact) mass is 455 g/mol. The fourth-order valence-electron chi connectivity index (χ4n) is 3.50. The number of hydrogen-bond acceptors (Lipinski definition) is 7. The Bertz CT molecular complexity index is 1290. The molecule has 0 spiro atoms. The molecule has 3 aromatic rings. The van der Waals surface area contributed by atoms with E-state index in [-0.39, 0.29) is 12.0 Å². The Morgan fingerprint density at radius 3 is 2.48 bits per heavy atom. The Kier molecular flexibility index (Phi) is 6.13. The van der Waals surface area contributed by atoms with Crippen molar-refractivity contribution in [1.29, 1.82) is 0 Å². The molecule has 4 rings (SSSR count). The molecule has 0 radical (unpaired) electrons. The van der Waals surface area contributed by atoms with Crippen LogP contribution in [0.2, 0.25) is 0 Å². The largest absolute Gasteiger partial charge is 0.459 e. The van der Waals surface area contributed by atoms with Gasteiger partial charge in [0, 0.05) is 6.42 Å². The first kappa shape index (κ1) is 22.1. The highest BCUT2D eigenvalue weighted by Crippen LogP contribution is 2.30. The van der Waals surface area contributed by atoms with E-state index in [1.807, 2.05) is 30.3 Å². The van der Waals surface area contributed by atoms with E-state index < -0.39 is 52.9 Å². The third-order valence-electron chi connectivity index (χ3n) is 5.22. The molecule has 0 unspecified atom stereocenters. The number of nitrogens with zero attached hydrogens (tertiary/aromatic N) is 2. The van der Waals surface area contributed by atoms with Gasteiger partial charge in [0.2, 0.25) is 0 Å².